The van der Waals surface area contributed by atoms with Gasteiger partial charge in [-0.15, -0.1) is 0 Å². The Morgan fingerprint density at radius 2 is 1.91 bits per heavy atom. The van der Waals surface area contributed by atoms with E-state index in [0.717, 1.165) is 34.8 Å². The molecule has 1 aliphatic carbocycles. The summed E-state index contributed by atoms with van der Waals surface area (Å²) in [6, 6.07) is 13.2. The summed E-state index contributed by atoms with van der Waals surface area (Å²) in [7, 11) is 0. The lowest BCUT2D eigenvalue weighted by Crippen LogP contribution is -2.37. The molecule has 2 aliphatic rings. The third-order valence-electron chi connectivity index (χ3n) is 5.93. The number of dihydropyridines is 1. The number of amides is 1. The molecule has 2 unspecified atom stereocenters. The summed E-state index contributed by atoms with van der Waals surface area (Å²) in [5, 5.41) is 6.30. The molecule has 2 atom stereocenters. The van der Waals surface area contributed by atoms with Crippen molar-refractivity contribution in [1.29, 1.82) is 0 Å². The van der Waals surface area contributed by atoms with Crippen LogP contribution in [0.1, 0.15) is 50.8 Å². The van der Waals surface area contributed by atoms with E-state index in [4.69, 9.17) is 4.74 Å². The van der Waals surface area contributed by atoms with Crippen LogP contribution in [-0.2, 0) is 9.59 Å². The highest BCUT2D eigenvalue weighted by Crippen LogP contribution is 2.43. The highest BCUT2D eigenvalue weighted by atomic mass is 16.5. The maximum absolute atomic E-state index is 13.5. The number of carbonyl (C=O) groups is 2. The van der Waals surface area contributed by atoms with Gasteiger partial charge < -0.3 is 15.4 Å². The Balaban J connectivity index is 1.77. The SMILES string of the molecule is CCOc1ccc(C2C(C(=O)Nc3cccc(C)n3)=C(C)NC3=C2C(=O)CC(C)C3)cc1. The van der Waals surface area contributed by atoms with Crippen LogP contribution in [0.5, 0.6) is 5.75 Å². The number of pyridine rings is 1. The third kappa shape index (κ3) is 4.31. The summed E-state index contributed by atoms with van der Waals surface area (Å²) in [5.74, 6) is 0.922. The zero-order valence-electron chi connectivity index (χ0n) is 19.0. The molecule has 6 heteroatoms. The standard InChI is InChI=1S/C26H29N3O3/c1-5-32-19-11-9-18(10-12-19)24-23(26(31)29-22-8-6-7-16(3)27-22)17(4)28-20-13-15(2)14-21(30)25(20)24/h6-12,15,24,28H,5,13-14H2,1-4H3,(H,27,29,31). The van der Waals surface area contributed by atoms with Gasteiger partial charge in [0.1, 0.15) is 11.6 Å². The molecule has 32 heavy (non-hydrogen) atoms. The first kappa shape index (κ1) is 21.8. The fourth-order valence-electron chi connectivity index (χ4n) is 4.59. The van der Waals surface area contributed by atoms with E-state index in [-0.39, 0.29) is 17.6 Å². The van der Waals surface area contributed by atoms with E-state index in [1.54, 1.807) is 6.07 Å². The molecule has 4 rings (SSSR count). The smallest absolute Gasteiger partial charge is 0.255 e. The first-order valence-electron chi connectivity index (χ1n) is 11.1. The van der Waals surface area contributed by atoms with Gasteiger partial charge in [-0.1, -0.05) is 25.1 Å². The number of hydrogen-bond acceptors (Lipinski definition) is 5. The van der Waals surface area contributed by atoms with E-state index in [0.29, 0.717) is 30.0 Å². The molecule has 1 aromatic heterocycles. The van der Waals surface area contributed by atoms with Crippen molar-refractivity contribution in [3.8, 4) is 5.75 Å². The third-order valence-corrected chi connectivity index (χ3v) is 5.93. The van der Waals surface area contributed by atoms with Crippen LogP contribution >= 0.6 is 0 Å². The quantitative estimate of drug-likeness (QED) is 0.721. The van der Waals surface area contributed by atoms with E-state index in [1.807, 2.05) is 57.2 Å². The minimum absolute atomic E-state index is 0.0941. The Bertz CT molecular complexity index is 1120. The van der Waals surface area contributed by atoms with E-state index < -0.39 is 5.92 Å². The van der Waals surface area contributed by atoms with Crippen LogP contribution < -0.4 is 15.4 Å². The molecular weight excluding hydrogens is 402 g/mol. The number of aryl methyl sites for hydroxylation is 1. The predicted molar refractivity (Wildman–Crippen MR) is 124 cm³/mol. The van der Waals surface area contributed by atoms with Crippen LogP contribution in [0.4, 0.5) is 5.82 Å². The van der Waals surface area contributed by atoms with Gasteiger partial charge in [0.15, 0.2) is 5.78 Å². The van der Waals surface area contributed by atoms with Crippen molar-refractivity contribution in [2.75, 3.05) is 11.9 Å². The normalized spacial score (nSPS) is 20.6. The summed E-state index contributed by atoms with van der Waals surface area (Å²) in [5.41, 5.74) is 4.64. The number of nitrogens with one attached hydrogen (secondary N) is 2. The lowest BCUT2D eigenvalue weighted by atomic mass is 9.73. The molecule has 6 nitrogen and oxygen atoms in total. The molecule has 0 bridgehead atoms. The lowest BCUT2D eigenvalue weighted by Gasteiger charge is -2.36. The molecule has 2 aromatic rings. The first-order chi connectivity index (χ1) is 15.4. The summed E-state index contributed by atoms with van der Waals surface area (Å²) in [6.07, 6.45) is 1.28. The topological polar surface area (TPSA) is 80.3 Å². The minimum atomic E-state index is -0.438. The number of Topliss-reactive ketones (excluding diaryl/α,β-unsaturated/α-hetero) is 1. The minimum Gasteiger partial charge on any atom is -0.494 e. The number of allylic oxidation sites excluding steroid dienone is 3. The molecule has 1 aliphatic heterocycles. The van der Waals surface area contributed by atoms with Gasteiger partial charge in [-0.2, -0.15) is 0 Å². The second kappa shape index (κ2) is 8.99. The number of carbonyl (C=O) groups excluding carboxylic acids is 2. The van der Waals surface area contributed by atoms with Gasteiger partial charge in [-0.3, -0.25) is 9.59 Å². The van der Waals surface area contributed by atoms with Gasteiger partial charge in [0.2, 0.25) is 0 Å². The van der Waals surface area contributed by atoms with E-state index in [2.05, 4.69) is 22.5 Å². The molecule has 1 amide bonds. The van der Waals surface area contributed by atoms with Crippen molar-refractivity contribution < 1.29 is 14.3 Å². The Hall–Kier alpha value is -3.41. The Labute approximate surface area is 188 Å². The van der Waals surface area contributed by atoms with Crippen LogP contribution in [0.2, 0.25) is 0 Å². The molecule has 2 heterocycles. The second-order valence-electron chi connectivity index (χ2n) is 8.55. The van der Waals surface area contributed by atoms with Gasteiger partial charge in [-0.05, 0) is 62.9 Å². The fraction of sp³-hybridized carbons (Fsp3) is 0.346. The maximum Gasteiger partial charge on any atom is 0.255 e. The van der Waals surface area contributed by atoms with E-state index in [9.17, 15) is 9.59 Å². The van der Waals surface area contributed by atoms with Crippen molar-refractivity contribution in [3.63, 3.8) is 0 Å². The largest absolute Gasteiger partial charge is 0.494 e. The summed E-state index contributed by atoms with van der Waals surface area (Å²) in [6.45, 7) is 8.37. The molecular formula is C26H29N3O3. The fourth-order valence-corrected chi connectivity index (χ4v) is 4.59. The molecule has 166 valence electrons. The summed E-state index contributed by atoms with van der Waals surface area (Å²) >= 11 is 0. The van der Waals surface area contributed by atoms with Crippen LogP contribution in [0.15, 0.2) is 65.0 Å². The number of hydrogen-bond donors (Lipinski definition) is 2. The number of ether oxygens (including phenoxy) is 1. The molecule has 0 saturated carbocycles. The summed E-state index contributed by atoms with van der Waals surface area (Å²) in [4.78, 5) is 31.1. The van der Waals surface area contributed by atoms with Crippen molar-refractivity contribution in [2.45, 2.75) is 46.5 Å². The average molecular weight is 432 g/mol. The zero-order chi connectivity index (χ0) is 22.8. The number of benzene rings is 1. The number of aromatic nitrogens is 1. The van der Waals surface area contributed by atoms with Crippen LogP contribution in [0, 0.1) is 12.8 Å². The van der Waals surface area contributed by atoms with Crippen LogP contribution in [0.25, 0.3) is 0 Å². The highest BCUT2D eigenvalue weighted by Gasteiger charge is 2.39. The number of ketones is 1. The summed E-state index contributed by atoms with van der Waals surface area (Å²) < 4.78 is 5.58. The van der Waals surface area contributed by atoms with Gasteiger partial charge in [-0.25, -0.2) is 4.98 Å². The Kier molecular flexibility index (Phi) is 6.12. The van der Waals surface area contributed by atoms with E-state index in [1.165, 1.54) is 0 Å². The maximum atomic E-state index is 13.5. The van der Waals surface area contributed by atoms with E-state index >= 15 is 0 Å². The Morgan fingerprint density at radius 3 is 2.59 bits per heavy atom. The molecule has 1 aromatic carbocycles. The lowest BCUT2D eigenvalue weighted by molar-refractivity contribution is -0.117. The predicted octanol–water partition coefficient (Wildman–Crippen LogP) is 4.64. The van der Waals surface area contributed by atoms with Gasteiger partial charge in [0.25, 0.3) is 5.91 Å². The molecule has 2 N–H and O–H groups in total. The van der Waals surface area contributed by atoms with Crippen molar-refractivity contribution in [2.24, 2.45) is 5.92 Å². The van der Waals surface area contributed by atoms with Crippen molar-refractivity contribution >= 4 is 17.5 Å². The van der Waals surface area contributed by atoms with Crippen molar-refractivity contribution in [3.05, 3.63) is 76.3 Å². The van der Waals surface area contributed by atoms with Gasteiger partial charge in [0, 0.05) is 40.6 Å². The zero-order valence-corrected chi connectivity index (χ0v) is 19.0. The number of nitrogens with zero attached hydrogens (tertiary/aromatic N) is 1. The average Bonchev–Trinajstić information content (AvgIpc) is 2.73. The first-order valence-corrected chi connectivity index (χ1v) is 11.1. The second-order valence-corrected chi connectivity index (χ2v) is 8.55. The van der Waals surface area contributed by atoms with Gasteiger partial charge >= 0.3 is 0 Å². The van der Waals surface area contributed by atoms with Gasteiger partial charge in [0.05, 0.1) is 6.61 Å². The van der Waals surface area contributed by atoms with Crippen molar-refractivity contribution in [1.82, 2.24) is 10.3 Å². The van der Waals surface area contributed by atoms with Crippen LogP contribution in [0.3, 0.4) is 0 Å². The molecule has 0 radical (unpaired) electrons. The number of rotatable bonds is 5. The van der Waals surface area contributed by atoms with Crippen LogP contribution in [-0.4, -0.2) is 23.3 Å². The molecule has 0 spiro atoms. The molecule has 0 fully saturated rings. The number of anilines is 1. The Morgan fingerprint density at radius 1 is 1.16 bits per heavy atom. The molecule has 0 saturated heterocycles. The highest BCUT2D eigenvalue weighted by molar-refractivity contribution is 6.09. The monoisotopic (exact) mass is 431 g/mol.